The Balaban J connectivity index is 2.60. The number of hydrazone groups is 1. The number of non-ortho nitro benzene ring substituents is 1. The molecule has 90 valence electrons. The Kier molecular flexibility index (Phi) is 4.33. The molecule has 0 saturated heterocycles. The second-order valence-corrected chi connectivity index (χ2v) is 3.74. The molecule has 1 amide bonds. The van der Waals surface area contributed by atoms with Crippen LogP contribution in [0.4, 0.5) is 5.69 Å². The van der Waals surface area contributed by atoms with Crippen molar-refractivity contribution in [3.05, 3.63) is 39.9 Å². The highest BCUT2D eigenvalue weighted by Gasteiger charge is 2.04. The maximum absolute atomic E-state index is 11.2. The maximum Gasteiger partial charge on any atom is 0.269 e. The van der Waals surface area contributed by atoms with E-state index in [0.29, 0.717) is 5.56 Å². The van der Waals surface area contributed by atoms with E-state index in [-0.39, 0.29) is 17.5 Å². The van der Waals surface area contributed by atoms with Crippen LogP contribution >= 0.6 is 0 Å². The van der Waals surface area contributed by atoms with Crippen LogP contribution in [0.5, 0.6) is 0 Å². The van der Waals surface area contributed by atoms with Crippen molar-refractivity contribution in [3.63, 3.8) is 0 Å². The quantitative estimate of drug-likeness (QED) is 0.489. The Morgan fingerprint density at radius 2 is 2.00 bits per heavy atom. The summed E-state index contributed by atoms with van der Waals surface area (Å²) >= 11 is 0. The summed E-state index contributed by atoms with van der Waals surface area (Å²) in [7, 11) is 0. The molecule has 6 heteroatoms. The first kappa shape index (κ1) is 12.8. The molecule has 0 atom stereocenters. The third-order valence-electron chi connectivity index (χ3n) is 2.02. The first-order valence-corrected chi connectivity index (χ1v) is 5.08. The van der Waals surface area contributed by atoms with Gasteiger partial charge in [0.15, 0.2) is 0 Å². The molecule has 1 aromatic rings. The zero-order valence-electron chi connectivity index (χ0n) is 9.58. The van der Waals surface area contributed by atoms with Crippen molar-refractivity contribution in [1.82, 2.24) is 5.43 Å². The molecular formula is C11H13N3O3. The number of nitro groups is 1. The first-order chi connectivity index (χ1) is 8.00. The predicted molar refractivity (Wildman–Crippen MR) is 63.7 cm³/mol. The molecule has 0 heterocycles. The third kappa shape index (κ3) is 4.02. The summed E-state index contributed by atoms with van der Waals surface area (Å²) in [5, 5.41) is 14.1. The lowest BCUT2D eigenvalue weighted by Crippen LogP contribution is -2.22. The fourth-order valence-corrected chi connectivity index (χ4v) is 0.982. The SMILES string of the molecule is CC(C)C(=O)NN=Cc1ccc([N+](=O)[O-])cc1. The number of hydrogen-bond donors (Lipinski definition) is 1. The van der Waals surface area contributed by atoms with Crippen LogP contribution in [0, 0.1) is 16.0 Å². The van der Waals surface area contributed by atoms with Crippen molar-refractivity contribution in [2.45, 2.75) is 13.8 Å². The van der Waals surface area contributed by atoms with Gasteiger partial charge in [0.2, 0.25) is 5.91 Å². The van der Waals surface area contributed by atoms with Gasteiger partial charge in [-0.2, -0.15) is 5.10 Å². The van der Waals surface area contributed by atoms with Crippen LogP contribution in [0.2, 0.25) is 0 Å². The highest BCUT2D eigenvalue weighted by atomic mass is 16.6. The summed E-state index contributed by atoms with van der Waals surface area (Å²) in [4.78, 5) is 21.1. The number of carbonyl (C=O) groups excluding carboxylic acids is 1. The van der Waals surface area contributed by atoms with E-state index >= 15 is 0 Å². The van der Waals surface area contributed by atoms with Crippen LogP contribution in [0.15, 0.2) is 29.4 Å². The summed E-state index contributed by atoms with van der Waals surface area (Å²) in [5.41, 5.74) is 3.07. The number of rotatable bonds is 4. The molecule has 0 aromatic heterocycles. The van der Waals surface area contributed by atoms with E-state index in [0.717, 1.165) is 0 Å². The zero-order chi connectivity index (χ0) is 12.8. The highest BCUT2D eigenvalue weighted by molar-refractivity contribution is 5.83. The van der Waals surface area contributed by atoms with Crippen LogP contribution in [-0.4, -0.2) is 17.0 Å². The van der Waals surface area contributed by atoms with Crippen molar-refractivity contribution in [3.8, 4) is 0 Å². The largest absolute Gasteiger partial charge is 0.273 e. The van der Waals surface area contributed by atoms with Crippen molar-refractivity contribution in [2.24, 2.45) is 11.0 Å². The molecule has 17 heavy (non-hydrogen) atoms. The fourth-order valence-electron chi connectivity index (χ4n) is 0.982. The van der Waals surface area contributed by atoms with E-state index in [1.165, 1.54) is 18.3 Å². The van der Waals surface area contributed by atoms with Crippen LogP contribution in [0.3, 0.4) is 0 Å². The fraction of sp³-hybridized carbons (Fsp3) is 0.273. The summed E-state index contributed by atoms with van der Waals surface area (Å²) in [5.74, 6) is -0.313. The number of benzene rings is 1. The second-order valence-electron chi connectivity index (χ2n) is 3.74. The highest BCUT2D eigenvalue weighted by Crippen LogP contribution is 2.10. The number of nitrogens with zero attached hydrogens (tertiary/aromatic N) is 2. The average molecular weight is 235 g/mol. The Morgan fingerprint density at radius 1 is 1.41 bits per heavy atom. The maximum atomic E-state index is 11.2. The summed E-state index contributed by atoms with van der Waals surface area (Å²) in [6.07, 6.45) is 1.43. The minimum atomic E-state index is -0.471. The zero-order valence-corrected chi connectivity index (χ0v) is 9.58. The van der Waals surface area contributed by atoms with Gasteiger partial charge in [-0.05, 0) is 17.7 Å². The van der Waals surface area contributed by atoms with Gasteiger partial charge in [-0.25, -0.2) is 5.43 Å². The molecule has 1 aromatic carbocycles. The summed E-state index contributed by atoms with van der Waals surface area (Å²) < 4.78 is 0. The number of hydrogen-bond acceptors (Lipinski definition) is 4. The smallest absolute Gasteiger partial charge is 0.269 e. The predicted octanol–water partition coefficient (Wildman–Crippen LogP) is 1.70. The van der Waals surface area contributed by atoms with E-state index in [9.17, 15) is 14.9 Å². The third-order valence-corrected chi connectivity index (χ3v) is 2.02. The molecule has 0 bridgehead atoms. The topological polar surface area (TPSA) is 84.6 Å². The molecule has 0 spiro atoms. The average Bonchev–Trinajstić information content (AvgIpc) is 2.29. The van der Waals surface area contributed by atoms with Gasteiger partial charge in [-0.3, -0.25) is 14.9 Å². The molecule has 0 fully saturated rings. The minimum Gasteiger partial charge on any atom is -0.273 e. The molecule has 1 N–H and O–H groups in total. The van der Waals surface area contributed by atoms with Gasteiger partial charge in [-0.1, -0.05) is 13.8 Å². The van der Waals surface area contributed by atoms with Gasteiger partial charge in [-0.15, -0.1) is 0 Å². The van der Waals surface area contributed by atoms with E-state index in [2.05, 4.69) is 10.5 Å². The van der Waals surface area contributed by atoms with E-state index < -0.39 is 4.92 Å². The van der Waals surface area contributed by atoms with Crippen molar-refractivity contribution in [2.75, 3.05) is 0 Å². The standard InChI is InChI=1S/C11H13N3O3/c1-8(2)11(15)13-12-7-9-3-5-10(6-4-9)14(16)17/h3-8H,1-2H3,(H,13,15). The molecule has 0 aliphatic carbocycles. The van der Waals surface area contributed by atoms with Gasteiger partial charge < -0.3 is 0 Å². The number of amides is 1. The summed E-state index contributed by atoms with van der Waals surface area (Å²) in [6, 6.07) is 5.88. The lowest BCUT2D eigenvalue weighted by atomic mass is 10.2. The monoisotopic (exact) mass is 235 g/mol. The van der Waals surface area contributed by atoms with Crippen molar-refractivity contribution >= 4 is 17.8 Å². The molecule has 0 aliphatic rings. The summed E-state index contributed by atoms with van der Waals surface area (Å²) in [6.45, 7) is 3.52. The van der Waals surface area contributed by atoms with Crippen LogP contribution in [-0.2, 0) is 4.79 Å². The minimum absolute atomic E-state index is 0.0216. The van der Waals surface area contributed by atoms with Crippen molar-refractivity contribution < 1.29 is 9.72 Å². The number of carbonyl (C=O) groups is 1. The molecule has 0 unspecified atom stereocenters. The number of nitrogens with one attached hydrogen (secondary N) is 1. The molecule has 6 nitrogen and oxygen atoms in total. The normalized spacial score (nSPS) is 10.8. The van der Waals surface area contributed by atoms with Crippen molar-refractivity contribution in [1.29, 1.82) is 0 Å². The van der Waals surface area contributed by atoms with Crippen LogP contribution < -0.4 is 5.43 Å². The Bertz CT molecular complexity index is 438. The molecular weight excluding hydrogens is 222 g/mol. The van der Waals surface area contributed by atoms with E-state index in [1.54, 1.807) is 26.0 Å². The van der Waals surface area contributed by atoms with Gasteiger partial charge in [0.1, 0.15) is 0 Å². The van der Waals surface area contributed by atoms with Gasteiger partial charge in [0, 0.05) is 18.1 Å². The lowest BCUT2D eigenvalue weighted by Gasteiger charge is -2.01. The first-order valence-electron chi connectivity index (χ1n) is 5.08. The van der Waals surface area contributed by atoms with Gasteiger partial charge in [0.05, 0.1) is 11.1 Å². The molecule has 1 rings (SSSR count). The number of nitro benzene ring substituents is 1. The molecule has 0 aliphatic heterocycles. The molecule has 0 saturated carbocycles. The van der Waals surface area contributed by atoms with Gasteiger partial charge in [0.25, 0.3) is 5.69 Å². The Hall–Kier alpha value is -2.24. The van der Waals surface area contributed by atoms with Gasteiger partial charge >= 0.3 is 0 Å². The van der Waals surface area contributed by atoms with Crippen LogP contribution in [0.1, 0.15) is 19.4 Å². The van der Waals surface area contributed by atoms with Crippen LogP contribution in [0.25, 0.3) is 0 Å². The second kappa shape index (κ2) is 5.74. The Labute approximate surface area is 98.5 Å². The van der Waals surface area contributed by atoms with E-state index in [4.69, 9.17) is 0 Å². The lowest BCUT2D eigenvalue weighted by molar-refractivity contribution is -0.384. The Morgan fingerprint density at radius 3 is 2.47 bits per heavy atom. The van der Waals surface area contributed by atoms with E-state index in [1.807, 2.05) is 0 Å². The molecule has 0 radical (unpaired) electrons.